The van der Waals surface area contributed by atoms with Crippen molar-refractivity contribution in [2.45, 2.75) is 19.2 Å². The third-order valence-electron chi connectivity index (χ3n) is 5.35. The number of nitrogens with one attached hydrogen (secondary N) is 2. The molecule has 4 rings (SSSR count). The fourth-order valence-corrected chi connectivity index (χ4v) is 3.66. The summed E-state index contributed by atoms with van der Waals surface area (Å²) in [6.45, 7) is 6.38. The standard InChI is InChI=1S/C23H30N4O3.HI/c1-24-23(26-15-20-17-29-21-8-4-5-9-22(21)30-20)25-14-18-6-2-3-7-19(18)16-27-10-12-28-13-11-27;/h2-9,20H,10-17H2,1H3,(H2,24,25,26);1H. The quantitative estimate of drug-likeness (QED) is 0.335. The molecule has 7 nitrogen and oxygen atoms in total. The third kappa shape index (κ3) is 6.72. The molecule has 0 spiro atoms. The molecule has 2 aliphatic rings. The molecule has 0 saturated carbocycles. The lowest BCUT2D eigenvalue weighted by molar-refractivity contribution is 0.0341. The van der Waals surface area contributed by atoms with Crippen molar-refractivity contribution in [1.29, 1.82) is 0 Å². The summed E-state index contributed by atoms with van der Waals surface area (Å²) in [6.07, 6.45) is -0.0629. The topological polar surface area (TPSA) is 67.4 Å². The van der Waals surface area contributed by atoms with Crippen LogP contribution in [-0.2, 0) is 17.8 Å². The van der Waals surface area contributed by atoms with Crippen LogP contribution < -0.4 is 20.1 Å². The summed E-state index contributed by atoms with van der Waals surface area (Å²) in [5, 5.41) is 6.77. The largest absolute Gasteiger partial charge is 0.486 e. The first-order valence-electron chi connectivity index (χ1n) is 10.5. The number of morpholine rings is 1. The molecule has 0 bridgehead atoms. The Hall–Kier alpha value is -2.04. The van der Waals surface area contributed by atoms with Crippen molar-refractivity contribution in [3.63, 3.8) is 0 Å². The Bertz CT molecular complexity index is 858. The smallest absolute Gasteiger partial charge is 0.191 e. The molecule has 1 unspecified atom stereocenters. The minimum Gasteiger partial charge on any atom is -0.486 e. The fourth-order valence-electron chi connectivity index (χ4n) is 3.66. The van der Waals surface area contributed by atoms with Gasteiger partial charge in [0.05, 0.1) is 19.8 Å². The van der Waals surface area contributed by atoms with Crippen LogP contribution in [0.1, 0.15) is 11.1 Å². The van der Waals surface area contributed by atoms with E-state index in [-0.39, 0.29) is 30.1 Å². The third-order valence-corrected chi connectivity index (χ3v) is 5.35. The van der Waals surface area contributed by atoms with E-state index >= 15 is 0 Å². The van der Waals surface area contributed by atoms with Crippen LogP contribution in [0.3, 0.4) is 0 Å². The molecule has 8 heteroatoms. The van der Waals surface area contributed by atoms with Crippen molar-refractivity contribution in [1.82, 2.24) is 15.5 Å². The molecule has 2 heterocycles. The van der Waals surface area contributed by atoms with Gasteiger partial charge in [-0.2, -0.15) is 0 Å². The maximum atomic E-state index is 6.01. The SMILES string of the molecule is CN=C(NCc1ccccc1CN1CCOCC1)NCC1COc2ccccc2O1.I. The highest BCUT2D eigenvalue weighted by atomic mass is 127. The zero-order valence-corrected chi connectivity index (χ0v) is 20.2. The second-order valence-electron chi connectivity index (χ2n) is 7.46. The van der Waals surface area contributed by atoms with Crippen LogP contribution in [0.15, 0.2) is 53.5 Å². The molecular formula is C23H31IN4O3. The average Bonchev–Trinajstić information content (AvgIpc) is 2.80. The molecular weight excluding hydrogens is 507 g/mol. The molecule has 0 aliphatic carbocycles. The molecule has 0 radical (unpaired) electrons. The van der Waals surface area contributed by atoms with Gasteiger partial charge in [0, 0.05) is 33.2 Å². The minimum absolute atomic E-state index is 0. The van der Waals surface area contributed by atoms with Crippen molar-refractivity contribution in [2.75, 3.05) is 46.5 Å². The normalized spacial score (nSPS) is 18.7. The van der Waals surface area contributed by atoms with Crippen molar-refractivity contribution in [3.05, 3.63) is 59.7 Å². The predicted octanol–water partition coefficient (Wildman–Crippen LogP) is 2.64. The summed E-state index contributed by atoms with van der Waals surface area (Å²) in [5.74, 6) is 2.34. The lowest BCUT2D eigenvalue weighted by Crippen LogP contribution is -2.45. The Labute approximate surface area is 201 Å². The van der Waals surface area contributed by atoms with Gasteiger partial charge in [0.15, 0.2) is 17.5 Å². The molecule has 2 aliphatic heterocycles. The molecule has 1 fully saturated rings. The maximum absolute atomic E-state index is 6.01. The molecule has 168 valence electrons. The van der Waals surface area contributed by atoms with E-state index in [4.69, 9.17) is 14.2 Å². The fraction of sp³-hybridized carbons (Fsp3) is 0.435. The van der Waals surface area contributed by atoms with Gasteiger partial charge in [-0.3, -0.25) is 9.89 Å². The number of para-hydroxylation sites is 2. The summed E-state index contributed by atoms with van der Waals surface area (Å²) in [4.78, 5) is 6.79. The zero-order chi connectivity index (χ0) is 20.6. The summed E-state index contributed by atoms with van der Waals surface area (Å²) < 4.78 is 17.2. The van der Waals surface area contributed by atoms with Gasteiger partial charge in [-0.05, 0) is 23.3 Å². The Balaban J connectivity index is 0.00000272. The first kappa shape index (κ1) is 23.6. The van der Waals surface area contributed by atoms with Crippen molar-refractivity contribution in [3.8, 4) is 11.5 Å². The second kappa shape index (κ2) is 12.1. The van der Waals surface area contributed by atoms with Gasteiger partial charge in [0.1, 0.15) is 12.7 Å². The number of benzene rings is 2. The lowest BCUT2D eigenvalue weighted by atomic mass is 10.1. The Morgan fingerprint density at radius 2 is 1.71 bits per heavy atom. The number of hydrogen-bond acceptors (Lipinski definition) is 5. The Kier molecular flexibility index (Phi) is 9.23. The number of fused-ring (bicyclic) bond motifs is 1. The molecule has 2 aromatic carbocycles. The molecule has 2 N–H and O–H groups in total. The minimum atomic E-state index is -0.0629. The van der Waals surface area contributed by atoms with E-state index in [9.17, 15) is 0 Å². The lowest BCUT2D eigenvalue weighted by Gasteiger charge is -2.28. The van der Waals surface area contributed by atoms with Crippen LogP contribution in [0, 0.1) is 0 Å². The van der Waals surface area contributed by atoms with Crippen LogP contribution in [-0.4, -0.2) is 63.5 Å². The predicted molar refractivity (Wildman–Crippen MR) is 133 cm³/mol. The Morgan fingerprint density at radius 1 is 1.00 bits per heavy atom. The highest BCUT2D eigenvalue weighted by molar-refractivity contribution is 14.0. The summed E-state index contributed by atoms with van der Waals surface area (Å²) in [7, 11) is 1.78. The van der Waals surface area contributed by atoms with Gasteiger partial charge in [-0.15, -0.1) is 24.0 Å². The average molecular weight is 538 g/mol. The van der Waals surface area contributed by atoms with Crippen LogP contribution in [0.4, 0.5) is 0 Å². The van der Waals surface area contributed by atoms with E-state index in [1.807, 2.05) is 24.3 Å². The van der Waals surface area contributed by atoms with Crippen LogP contribution >= 0.6 is 24.0 Å². The molecule has 31 heavy (non-hydrogen) atoms. The summed E-state index contributed by atoms with van der Waals surface area (Å²) >= 11 is 0. The van der Waals surface area contributed by atoms with E-state index in [2.05, 4.69) is 44.8 Å². The van der Waals surface area contributed by atoms with Crippen LogP contribution in [0.5, 0.6) is 11.5 Å². The molecule has 2 aromatic rings. The summed E-state index contributed by atoms with van der Waals surface area (Å²) in [5.41, 5.74) is 2.61. The van der Waals surface area contributed by atoms with Gasteiger partial charge in [0.2, 0.25) is 0 Å². The van der Waals surface area contributed by atoms with E-state index in [0.717, 1.165) is 50.3 Å². The van der Waals surface area contributed by atoms with Gasteiger partial charge in [-0.1, -0.05) is 36.4 Å². The monoisotopic (exact) mass is 538 g/mol. The summed E-state index contributed by atoms with van der Waals surface area (Å²) in [6, 6.07) is 16.3. The number of aliphatic imine (C=N–C) groups is 1. The van der Waals surface area contributed by atoms with E-state index in [1.54, 1.807) is 7.05 Å². The first-order chi connectivity index (χ1) is 14.8. The Morgan fingerprint density at radius 3 is 2.48 bits per heavy atom. The van der Waals surface area contributed by atoms with Gasteiger partial charge in [0.25, 0.3) is 0 Å². The zero-order valence-electron chi connectivity index (χ0n) is 17.9. The van der Waals surface area contributed by atoms with E-state index in [0.29, 0.717) is 19.7 Å². The molecule has 1 saturated heterocycles. The van der Waals surface area contributed by atoms with Crippen molar-refractivity contribution >= 4 is 29.9 Å². The van der Waals surface area contributed by atoms with E-state index in [1.165, 1.54) is 11.1 Å². The number of nitrogens with zero attached hydrogens (tertiary/aromatic N) is 2. The molecule has 0 amide bonds. The number of rotatable bonds is 6. The second-order valence-corrected chi connectivity index (χ2v) is 7.46. The van der Waals surface area contributed by atoms with Crippen molar-refractivity contribution < 1.29 is 14.2 Å². The number of halogens is 1. The molecule has 0 aromatic heterocycles. The van der Waals surface area contributed by atoms with Gasteiger partial charge < -0.3 is 24.8 Å². The van der Waals surface area contributed by atoms with Gasteiger partial charge >= 0.3 is 0 Å². The van der Waals surface area contributed by atoms with Crippen LogP contribution in [0.25, 0.3) is 0 Å². The maximum Gasteiger partial charge on any atom is 0.191 e. The number of hydrogen-bond donors (Lipinski definition) is 2. The van der Waals surface area contributed by atoms with E-state index < -0.39 is 0 Å². The highest BCUT2D eigenvalue weighted by Gasteiger charge is 2.20. The highest BCUT2D eigenvalue weighted by Crippen LogP contribution is 2.30. The number of ether oxygens (including phenoxy) is 3. The van der Waals surface area contributed by atoms with Gasteiger partial charge in [-0.25, -0.2) is 0 Å². The van der Waals surface area contributed by atoms with Crippen LogP contribution in [0.2, 0.25) is 0 Å². The van der Waals surface area contributed by atoms with Crippen molar-refractivity contribution in [2.24, 2.45) is 4.99 Å². The number of guanidine groups is 1. The first-order valence-corrected chi connectivity index (χ1v) is 10.5. The molecule has 1 atom stereocenters.